The minimum absolute atomic E-state index is 0. The molecule has 0 saturated carbocycles. The van der Waals surface area contributed by atoms with Crippen molar-refractivity contribution in [1.29, 1.82) is 0 Å². The average Bonchev–Trinajstić information content (AvgIpc) is 2.73. The van der Waals surface area contributed by atoms with Crippen molar-refractivity contribution in [2.75, 3.05) is 18.8 Å². The highest BCUT2D eigenvalue weighted by atomic mass is 35.5. The molecule has 0 unspecified atom stereocenters. The lowest BCUT2D eigenvalue weighted by atomic mass is 10.2. The Hall–Kier alpha value is -0.890. The van der Waals surface area contributed by atoms with Gasteiger partial charge in [-0.3, -0.25) is 4.79 Å². The zero-order valence-electron chi connectivity index (χ0n) is 12.0. The molecule has 3 N–H and O–H groups in total. The van der Waals surface area contributed by atoms with Crippen LogP contribution in [0.5, 0.6) is 0 Å². The summed E-state index contributed by atoms with van der Waals surface area (Å²) < 4.78 is 0. The lowest BCUT2D eigenvalue weighted by molar-refractivity contribution is -0.118. The van der Waals surface area contributed by atoms with Gasteiger partial charge in [0.25, 0.3) is 0 Å². The van der Waals surface area contributed by atoms with Crippen molar-refractivity contribution in [2.45, 2.75) is 25.3 Å². The standard InChI is InChI=1S/C13H18N4OS2.ClH/c1-8-9(2)20-13-11(8)12(16-7-17-13)19-6-10(18)15-5-3-4-14;/h7H,3-6,14H2,1-2H3,(H,15,18);1H. The van der Waals surface area contributed by atoms with Crippen LogP contribution in [0, 0.1) is 13.8 Å². The highest BCUT2D eigenvalue weighted by molar-refractivity contribution is 8.00. The van der Waals surface area contributed by atoms with Crippen molar-refractivity contribution >= 4 is 51.6 Å². The van der Waals surface area contributed by atoms with Crippen LogP contribution in [0.25, 0.3) is 10.2 Å². The van der Waals surface area contributed by atoms with Crippen LogP contribution in [0.2, 0.25) is 0 Å². The molecule has 1 amide bonds. The number of nitrogens with two attached hydrogens (primary N) is 1. The number of carbonyl (C=O) groups excluding carboxylic acids is 1. The second kappa shape index (κ2) is 8.53. The average molecular weight is 347 g/mol. The second-order valence-electron chi connectivity index (χ2n) is 4.42. The number of thiophene rings is 1. The van der Waals surface area contributed by atoms with Crippen LogP contribution in [-0.4, -0.2) is 34.7 Å². The molecule has 2 heterocycles. The third-order valence-electron chi connectivity index (χ3n) is 2.97. The van der Waals surface area contributed by atoms with Gasteiger partial charge in [-0.15, -0.1) is 23.7 Å². The summed E-state index contributed by atoms with van der Waals surface area (Å²) in [6.45, 7) is 5.37. The number of amides is 1. The van der Waals surface area contributed by atoms with Crippen LogP contribution < -0.4 is 11.1 Å². The monoisotopic (exact) mass is 346 g/mol. The number of thioether (sulfide) groups is 1. The van der Waals surface area contributed by atoms with E-state index in [1.54, 1.807) is 17.7 Å². The number of nitrogens with one attached hydrogen (secondary N) is 1. The predicted molar refractivity (Wildman–Crippen MR) is 91.5 cm³/mol. The molecular formula is C13H19ClN4OS2. The summed E-state index contributed by atoms with van der Waals surface area (Å²) in [5.41, 5.74) is 6.59. The van der Waals surface area contributed by atoms with Gasteiger partial charge in [-0.2, -0.15) is 0 Å². The fourth-order valence-corrected chi connectivity index (χ4v) is 3.72. The molecule has 5 nitrogen and oxygen atoms in total. The fourth-order valence-electron chi connectivity index (χ4n) is 1.77. The summed E-state index contributed by atoms with van der Waals surface area (Å²) in [7, 11) is 0. The van der Waals surface area contributed by atoms with E-state index in [4.69, 9.17) is 5.73 Å². The lowest BCUT2D eigenvalue weighted by Crippen LogP contribution is -2.27. The zero-order chi connectivity index (χ0) is 14.5. The number of fused-ring (bicyclic) bond motifs is 1. The Balaban J connectivity index is 0.00000220. The molecule has 0 aromatic carbocycles. The smallest absolute Gasteiger partial charge is 0.230 e. The number of halogens is 1. The number of hydrogen-bond acceptors (Lipinski definition) is 6. The molecule has 0 aliphatic carbocycles. The number of nitrogens with zero attached hydrogens (tertiary/aromatic N) is 2. The van der Waals surface area contributed by atoms with Gasteiger partial charge in [0.1, 0.15) is 16.2 Å². The number of carbonyl (C=O) groups is 1. The van der Waals surface area contributed by atoms with Crippen molar-refractivity contribution in [3.8, 4) is 0 Å². The zero-order valence-corrected chi connectivity index (χ0v) is 14.5. The summed E-state index contributed by atoms with van der Waals surface area (Å²) in [5.74, 6) is 0.380. The minimum atomic E-state index is 0. The SMILES string of the molecule is Cc1sc2ncnc(SCC(=O)NCCCN)c2c1C.Cl. The van der Waals surface area contributed by atoms with E-state index in [-0.39, 0.29) is 18.3 Å². The molecule has 0 aliphatic rings. The van der Waals surface area contributed by atoms with Gasteiger partial charge in [-0.05, 0) is 32.4 Å². The van der Waals surface area contributed by atoms with E-state index in [1.807, 2.05) is 0 Å². The Labute approximate surface area is 138 Å². The van der Waals surface area contributed by atoms with Gasteiger partial charge >= 0.3 is 0 Å². The summed E-state index contributed by atoms with van der Waals surface area (Å²) >= 11 is 3.12. The normalized spacial score (nSPS) is 10.4. The van der Waals surface area contributed by atoms with Crippen molar-refractivity contribution < 1.29 is 4.79 Å². The van der Waals surface area contributed by atoms with Crippen LogP contribution in [0.15, 0.2) is 11.4 Å². The number of hydrogen-bond donors (Lipinski definition) is 2. The molecule has 0 saturated heterocycles. The summed E-state index contributed by atoms with van der Waals surface area (Å²) in [6.07, 6.45) is 2.36. The Bertz CT molecular complexity index is 617. The Morgan fingerprint density at radius 2 is 2.19 bits per heavy atom. The Kier molecular flexibility index (Phi) is 7.37. The molecule has 0 fully saturated rings. The number of aromatic nitrogens is 2. The first-order valence-corrected chi connectivity index (χ1v) is 8.24. The van der Waals surface area contributed by atoms with Crippen molar-refractivity contribution in [2.24, 2.45) is 5.73 Å². The predicted octanol–water partition coefficient (Wildman–Crippen LogP) is 2.29. The molecule has 21 heavy (non-hydrogen) atoms. The highest BCUT2D eigenvalue weighted by Gasteiger charge is 2.13. The fraction of sp³-hybridized carbons (Fsp3) is 0.462. The van der Waals surface area contributed by atoms with Crippen molar-refractivity contribution in [3.63, 3.8) is 0 Å². The summed E-state index contributed by atoms with van der Waals surface area (Å²) in [5, 5.41) is 4.80. The highest BCUT2D eigenvalue weighted by Crippen LogP contribution is 2.34. The van der Waals surface area contributed by atoms with Gasteiger partial charge in [0.2, 0.25) is 5.91 Å². The topological polar surface area (TPSA) is 80.9 Å². The Morgan fingerprint density at radius 1 is 1.43 bits per heavy atom. The van der Waals surface area contributed by atoms with Gasteiger partial charge in [0, 0.05) is 16.8 Å². The maximum atomic E-state index is 11.7. The second-order valence-corrected chi connectivity index (χ2v) is 6.59. The van der Waals surface area contributed by atoms with Gasteiger partial charge < -0.3 is 11.1 Å². The lowest BCUT2D eigenvalue weighted by Gasteiger charge is -2.05. The number of aryl methyl sites for hydroxylation is 2. The van der Waals surface area contributed by atoms with Crippen LogP contribution in [0.4, 0.5) is 0 Å². The van der Waals surface area contributed by atoms with E-state index in [2.05, 4.69) is 29.1 Å². The first-order chi connectivity index (χ1) is 9.63. The molecule has 0 atom stereocenters. The molecule has 0 radical (unpaired) electrons. The van der Waals surface area contributed by atoms with Crippen LogP contribution >= 0.6 is 35.5 Å². The van der Waals surface area contributed by atoms with E-state index >= 15 is 0 Å². The minimum Gasteiger partial charge on any atom is -0.355 e. The molecule has 8 heteroatoms. The summed E-state index contributed by atoms with van der Waals surface area (Å²) in [4.78, 5) is 22.5. The molecular weight excluding hydrogens is 328 g/mol. The van der Waals surface area contributed by atoms with Crippen LogP contribution in [0.3, 0.4) is 0 Å². The van der Waals surface area contributed by atoms with Crippen LogP contribution in [-0.2, 0) is 4.79 Å². The molecule has 2 aromatic heterocycles. The van der Waals surface area contributed by atoms with Crippen LogP contribution in [0.1, 0.15) is 16.9 Å². The van der Waals surface area contributed by atoms with E-state index in [1.165, 1.54) is 22.2 Å². The largest absolute Gasteiger partial charge is 0.355 e. The molecule has 2 aromatic rings. The molecule has 0 spiro atoms. The molecule has 116 valence electrons. The Morgan fingerprint density at radius 3 is 2.90 bits per heavy atom. The van der Waals surface area contributed by atoms with E-state index in [0.29, 0.717) is 18.8 Å². The van der Waals surface area contributed by atoms with Crippen molar-refractivity contribution in [1.82, 2.24) is 15.3 Å². The van der Waals surface area contributed by atoms with E-state index < -0.39 is 0 Å². The van der Waals surface area contributed by atoms with Gasteiger partial charge in [0.15, 0.2) is 0 Å². The van der Waals surface area contributed by atoms with E-state index in [9.17, 15) is 4.79 Å². The maximum absolute atomic E-state index is 11.7. The molecule has 0 bridgehead atoms. The first-order valence-electron chi connectivity index (χ1n) is 6.43. The third kappa shape index (κ3) is 4.54. The first kappa shape index (κ1) is 18.2. The van der Waals surface area contributed by atoms with Gasteiger partial charge in [0.05, 0.1) is 5.75 Å². The van der Waals surface area contributed by atoms with Gasteiger partial charge in [-0.25, -0.2) is 9.97 Å². The quantitative estimate of drug-likeness (QED) is 0.476. The van der Waals surface area contributed by atoms with E-state index in [0.717, 1.165) is 21.7 Å². The third-order valence-corrected chi connectivity index (χ3v) is 5.08. The molecule has 0 aliphatic heterocycles. The molecule has 2 rings (SSSR count). The maximum Gasteiger partial charge on any atom is 0.230 e. The number of rotatable bonds is 6. The van der Waals surface area contributed by atoms with Gasteiger partial charge in [-0.1, -0.05) is 11.8 Å². The van der Waals surface area contributed by atoms with Crippen molar-refractivity contribution in [3.05, 3.63) is 16.8 Å². The summed E-state index contributed by atoms with van der Waals surface area (Å²) in [6, 6.07) is 0.